The van der Waals surface area contributed by atoms with Crippen LogP contribution in [0.15, 0.2) is 42.5 Å². The Kier molecular flexibility index (Phi) is 5.31. The summed E-state index contributed by atoms with van der Waals surface area (Å²) < 4.78 is 0. The molecule has 0 unspecified atom stereocenters. The van der Waals surface area contributed by atoms with Crippen molar-refractivity contribution < 1.29 is 14.4 Å². The number of allylic oxidation sites excluding steroid dienone is 2. The highest BCUT2D eigenvalue weighted by molar-refractivity contribution is 6.05. The molecule has 3 rings (SSSR count). The van der Waals surface area contributed by atoms with Crippen molar-refractivity contribution in [1.29, 1.82) is 0 Å². The number of nitrogens with zero attached hydrogens (tertiary/aromatic N) is 1. The van der Waals surface area contributed by atoms with Crippen molar-refractivity contribution in [2.45, 2.75) is 38.6 Å². The molecule has 25 heavy (non-hydrogen) atoms. The Balaban J connectivity index is 1.46. The van der Waals surface area contributed by atoms with Crippen molar-refractivity contribution in [3.05, 3.63) is 48.0 Å². The summed E-state index contributed by atoms with van der Waals surface area (Å²) >= 11 is 0. The minimum Gasteiger partial charge on any atom is -0.350 e. The monoisotopic (exact) mass is 340 g/mol. The van der Waals surface area contributed by atoms with Crippen LogP contribution in [0.1, 0.15) is 44.2 Å². The molecule has 1 heterocycles. The average Bonchev–Trinajstić information content (AvgIpc) is 2.87. The molecule has 0 bridgehead atoms. The summed E-state index contributed by atoms with van der Waals surface area (Å²) in [6.45, 7) is 2.27. The lowest BCUT2D eigenvalue weighted by Crippen LogP contribution is -2.33. The summed E-state index contributed by atoms with van der Waals surface area (Å²) in [7, 11) is 0. The molecule has 1 aliphatic carbocycles. The molecular weight excluding hydrogens is 316 g/mol. The largest absolute Gasteiger partial charge is 0.350 e. The number of nitrogens with one attached hydrogen (secondary N) is 1. The van der Waals surface area contributed by atoms with Gasteiger partial charge in [-0.3, -0.25) is 19.3 Å². The zero-order valence-electron chi connectivity index (χ0n) is 14.5. The van der Waals surface area contributed by atoms with Gasteiger partial charge in [0.25, 0.3) is 0 Å². The normalized spacial score (nSPS) is 23.5. The summed E-state index contributed by atoms with van der Waals surface area (Å²) in [6.07, 6.45) is 6.07. The van der Waals surface area contributed by atoms with Crippen LogP contribution in [0.3, 0.4) is 0 Å². The lowest BCUT2D eigenvalue weighted by atomic mass is 9.85. The van der Waals surface area contributed by atoms with E-state index in [0.717, 1.165) is 5.56 Å². The number of hydrogen-bond donors (Lipinski definition) is 1. The van der Waals surface area contributed by atoms with Crippen molar-refractivity contribution in [2.24, 2.45) is 11.8 Å². The van der Waals surface area contributed by atoms with Gasteiger partial charge in [0.1, 0.15) is 0 Å². The number of hydrogen-bond acceptors (Lipinski definition) is 3. The molecule has 3 amide bonds. The predicted molar refractivity (Wildman–Crippen MR) is 94.3 cm³/mol. The van der Waals surface area contributed by atoms with E-state index >= 15 is 0 Å². The van der Waals surface area contributed by atoms with Crippen LogP contribution in [0.2, 0.25) is 0 Å². The van der Waals surface area contributed by atoms with Crippen LogP contribution in [0.5, 0.6) is 0 Å². The first-order valence-corrected chi connectivity index (χ1v) is 8.92. The van der Waals surface area contributed by atoms with Gasteiger partial charge in [0, 0.05) is 13.0 Å². The number of fused-ring (bicyclic) bond motifs is 1. The number of benzene rings is 1. The molecule has 1 aliphatic heterocycles. The molecule has 2 aliphatic rings. The molecule has 1 N–H and O–H groups in total. The number of likely N-dealkylation sites (tertiary alicyclic amines) is 1. The molecule has 0 aromatic heterocycles. The van der Waals surface area contributed by atoms with Gasteiger partial charge in [0.15, 0.2) is 0 Å². The molecule has 1 saturated heterocycles. The highest BCUT2D eigenvalue weighted by Crippen LogP contribution is 2.35. The number of carbonyl (C=O) groups excluding carboxylic acids is 3. The van der Waals surface area contributed by atoms with E-state index in [9.17, 15) is 14.4 Å². The van der Waals surface area contributed by atoms with Gasteiger partial charge < -0.3 is 5.32 Å². The summed E-state index contributed by atoms with van der Waals surface area (Å²) in [5, 5.41) is 2.96. The number of amides is 3. The predicted octanol–water partition coefficient (Wildman–Crippen LogP) is 2.60. The fourth-order valence-electron chi connectivity index (χ4n) is 3.63. The van der Waals surface area contributed by atoms with Crippen LogP contribution in [0, 0.1) is 11.8 Å². The van der Waals surface area contributed by atoms with Crippen molar-refractivity contribution in [3.63, 3.8) is 0 Å². The van der Waals surface area contributed by atoms with Crippen LogP contribution < -0.4 is 5.32 Å². The van der Waals surface area contributed by atoms with E-state index in [1.165, 1.54) is 4.90 Å². The molecule has 0 spiro atoms. The second-order valence-corrected chi connectivity index (χ2v) is 6.79. The average molecular weight is 340 g/mol. The molecule has 3 atom stereocenters. The molecular formula is C20H24N2O3. The van der Waals surface area contributed by atoms with E-state index in [1.807, 2.05) is 49.4 Å². The smallest absolute Gasteiger partial charge is 0.233 e. The van der Waals surface area contributed by atoms with Crippen LogP contribution in [0.4, 0.5) is 0 Å². The maximum Gasteiger partial charge on any atom is 0.233 e. The second-order valence-electron chi connectivity index (χ2n) is 6.79. The van der Waals surface area contributed by atoms with Crippen molar-refractivity contribution >= 4 is 17.7 Å². The van der Waals surface area contributed by atoms with Crippen molar-refractivity contribution in [3.8, 4) is 0 Å². The van der Waals surface area contributed by atoms with Gasteiger partial charge in [0.05, 0.1) is 17.9 Å². The van der Waals surface area contributed by atoms with E-state index in [0.29, 0.717) is 32.2 Å². The van der Waals surface area contributed by atoms with E-state index in [2.05, 4.69) is 5.32 Å². The highest BCUT2D eigenvalue weighted by Gasteiger charge is 2.46. The number of rotatable bonds is 6. The third-order valence-corrected chi connectivity index (χ3v) is 5.06. The number of imide groups is 1. The molecule has 5 nitrogen and oxygen atoms in total. The van der Waals surface area contributed by atoms with Crippen LogP contribution in [-0.2, 0) is 14.4 Å². The minimum atomic E-state index is -0.190. The summed E-state index contributed by atoms with van der Waals surface area (Å²) in [6, 6.07) is 9.71. The van der Waals surface area contributed by atoms with E-state index in [4.69, 9.17) is 0 Å². The Labute approximate surface area is 148 Å². The van der Waals surface area contributed by atoms with Crippen LogP contribution in [0.25, 0.3) is 0 Å². The molecule has 1 aromatic rings. The maximum absolute atomic E-state index is 12.4. The van der Waals surface area contributed by atoms with E-state index in [-0.39, 0.29) is 35.6 Å². The van der Waals surface area contributed by atoms with Crippen molar-refractivity contribution in [1.82, 2.24) is 10.2 Å². The topological polar surface area (TPSA) is 66.5 Å². The summed E-state index contributed by atoms with van der Waals surface area (Å²) in [5.74, 6) is -0.585. The molecule has 132 valence electrons. The fourth-order valence-corrected chi connectivity index (χ4v) is 3.63. The maximum atomic E-state index is 12.4. The van der Waals surface area contributed by atoms with Crippen LogP contribution in [-0.4, -0.2) is 29.2 Å². The zero-order valence-corrected chi connectivity index (χ0v) is 14.5. The SMILES string of the molecule is C[C@@H](NC(=O)CCCN1C(=O)[C@H]2CC=CC[C@@H]2C1=O)c1ccccc1. The second kappa shape index (κ2) is 7.64. The lowest BCUT2D eigenvalue weighted by molar-refractivity contribution is -0.140. The van der Waals surface area contributed by atoms with Crippen LogP contribution >= 0.6 is 0 Å². The van der Waals surface area contributed by atoms with Gasteiger partial charge in [-0.2, -0.15) is 0 Å². The van der Waals surface area contributed by atoms with Gasteiger partial charge >= 0.3 is 0 Å². The molecule has 5 heteroatoms. The molecule has 0 radical (unpaired) electrons. The Bertz CT molecular complexity index is 657. The number of carbonyl (C=O) groups is 3. The third-order valence-electron chi connectivity index (χ3n) is 5.06. The van der Waals surface area contributed by atoms with Gasteiger partial charge in [-0.25, -0.2) is 0 Å². The first-order chi connectivity index (χ1) is 12.1. The summed E-state index contributed by atoms with van der Waals surface area (Å²) in [5.41, 5.74) is 1.05. The fraction of sp³-hybridized carbons (Fsp3) is 0.450. The van der Waals surface area contributed by atoms with Gasteiger partial charge in [-0.1, -0.05) is 42.5 Å². The third kappa shape index (κ3) is 3.81. The standard InChI is InChI=1S/C20H24N2O3/c1-14(15-8-3-2-4-9-15)21-18(23)12-7-13-22-19(24)16-10-5-6-11-17(16)20(22)25/h2-6,8-9,14,16-17H,7,10-13H2,1H3,(H,21,23)/t14-,16+,17+/m1/s1. The highest BCUT2D eigenvalue weighted by atomic mass is 16.2. The van der Waals surface area contributed by atoms with Gasteiger partial charge in [-0.15, -0.1) is 0 Å². The molecule has 0 saturated carbocycles. The van der Waals surface area contributed by atoms with E-state index < -0.39 is 0 Å². The van der Waals surface area contributed by atoms with E-state index in [1.54, 1.807) is 0 Å². The van der Waals surface area contributed by atoms with Crippen molar-refractivity contribution in [2.75, 3.05) is 6.54 Å². The Hall–Kier alpha value is -2.43. The Morgan fingerprint density at radius 3 is 2.32 bits per heavy atom. The zero-order chi connectivity index (χ0) is 17.8. The quantitative estimate of drug-likeness (QED) is 0.639. The minimum absolute atomic E-state index is 0.0577. The Morgan fingerprint density at radius 1 is 1.12 bits per heavy atom. The lowest BCUT2D eigenvalue weighted by Gasteiger charge is -2.16. The molecule has 1 aromatic carbocycles. The first-order valence-electron chi connectivity index (χ1n) is 8.92. The van der Waals surface area contributed by atoms with Gasteiger partial charge in [-0.05, 0) is 31.7 Å². The van der Waals surface area contributed by atoms with Gasteiger partial charge in [0.2, 0.25) is 17.7 Å². The molecule has 1 fully saturated rings. The summed E-state index contributed by atoms with van der Waals surface area (Å²) in [4.78, 5) is 38.2. The first kappa shape index (κ1) is 17.4. The Morgan fingerprint density at radius 2 is 1.72 bits per heavy atom.